The lowest BCUT2D eigenvalue weighted by Gasteiger charge is -2.36. The lowest BCUT2D eigenvalue weighted by molar-refractivity contribution is -0.121. The monoisotopic (exact) mass is 641 g/mol. The van der Waals surface area contributed by atoms with Crippen molar-refractivity contribution in [2.24, 2.45) is 5.92 Å². The number of hydrogen-bond acceptors (Lipinski definition) is 6. The van der Waals surface area contributed by atoms with Gasteiger partial charge in [-0.15, -0.1) is 0 Å². The summed E-state index contributed by atoms with van der Waals surface area (Å²) in [6.45, 7) is 0.634. The van der Waals surface area contributed by atoms with Crippen molar-refractivity contribution in [1.82, 2.24) is 25.8 Å². The Kier molecular flexibility index (Phi) is 10.1. The smallest absolute Gasteiger partial charge is 0.321 e. The van der Waals surface area contributed by atoms with Crippen molar-refractivity contribution in [1.29, 1.82) is 0 Å². The number of ether oxygens (including phenoxy) is 1. The van der Waals surface area contributed by atoms with Gasteiger partial charge in [0.05, 0.1) is 12.2 Å². The van der Waals surface area contributed by atoms with E-state index in [9.17, 15) is 14.4 Å². The molecule has 4 heterocycles. The molecule has 0 aromatic heterocycles. The van der Waals surface area contributed by atoms with Crippen molar-refractivity contribution >= 4 is 52.6 Å². The van der Waals surface area contributed by atoms with Gasteiger partial charge in [0.2, 0.25) is 0 Å². The quantitative estimate of drug-likeness (QED) is 0.391. The number of para-hydroxylation sites is 1. The molecule has 4 amide bonds. The summed E-state index contributed by atoms with van der Waals surface area (Å²) in [5, 5.41) is 8.27. The van der Waals surface area contributed by atoms with Gasteiger partial charge < -0.3 is 25.2 Å². The minimum atomic E-state index is -1.84. The van der Waals surface area contributed by atoms with Crippen LogP contribution in [0.5, 0.6) is 5.75 Å². The molecule has 4 saturated heterocycles. The number of rotatable bonds is 6. The largest absolute Gasteiger partial charge is 0.492 e. The molecular formula is C30H42Cl3N5O4. The van der Waals surface area contributed by atoms with Gasteiger partial charge in [-0.05, 0) is 96.4 Å². The highest BCUT2D eigenvalue weighted by Crippen LogP contribution is 2.36. The van der Waals surface area contributed by atoms with Crippen molar-refractivity contribution in [3.8, 4) is 5.75 Å². The molecule has 4 unspecified atom stereocenters. The number of halogens is 3. The number of nitrogens with zero attached hydrogens (tertiary/aromatic N) is 2. The number of hydrogen-bond donors (Lipinski definition) is 3. The highest BCUT2D eigenvalue weighted by molar-refractivity contribution is 6.76. The zero-order valence-corrected chi connectivity index (χ0v) is 26.6. The molecule has 1 aliphatic carbocycles. The van der Waals surface area contributed by atoms with Crippen LogP contribution in [0, 0.1) is 5.92 Å². The molecule has 1 aromatic carbocycles. The number of carbonyl (C=O) groups is 3. The number of urea groups is 1. The Balaban J connectivity index is 0.000000189. The summed E-state index contributed by atoms with van der Waals surface area (Å²) < 4.78 is 3.92. The SMILES string of the molecule is CN1C2CCC1CC(NC(=O)C(Cl)(Cl)Cl)C2.CN1C2CCC1CC(NC(=O)NC(=O)c1ccccc1OCC1CC1)C2. The topological polar surface area (TPSA) is 103 Å². The highest BCUT2D eigenvalue weighted by atomic mass is 35.6. The number of amides is 4. The van der Waals surface area contributed by atoms with Crippen molar-refractivity contribution in [2.75, 3.05) is 20.7 Å². The van der Waals surface area contributed by atoms with Gasteiger partial charge in [0.25, 0.3) is 15.6 Å². The Morgan fingerprint density at radius 1 is 0.810 bits per heavy atom. The molecule has 4 bridgehead atoms. The van der Waals surface area contributed by atoms with E-state index in [-0.39, 0.29) is 12.1 Å². The first kappa shape index (κ1) is 31.6. The molecule has 1 aromatic rings. The number of nitrogens with one attached hydrogen (secondary N) is 3. The third-order valence-electron chi connectivity index (χ3n) is 9.65. The van der Waals surface area contributed by atoms with Crippen LogP contribution in [0.25, 0.3) is 0 Å². The fourth-order valence-electron chi connectivity index (χ4n) is 6.99. The number of piperidine rings is 2. The van der Waals surface area contributed by atoms with E-state index in [2.05, 4.69) is 39.8 Å². The summed E-state index contributed by atoms with van der Waals surface area (Å²) in [6.07, 6.45) is 11.0. The summed E-state index contributed by atoms with van der Waals surface area (Å²) in [5.41, 5.74) is 0.409. The van der Waals surface area contributed by atoms with Crippen LogP contribution in [0.15, 0.2) is 24.3 Å². The second-order valence-corrected chi connectivity index (χ2v) is 14.9. The summed E-state index contributed by atoms with van der Waals surface area (Å²) >= 11 is 16.6. The first-order valence-corrected chi connectivity index (χ1v) is 16.3. The van der Waals surface area contributed by atoms with Gasteiger partial charge in [0.1, 0.15) is 5.75 Å². The molecule has 5 fully saturated rings. The second kappa shape index (κ2) is 13.5. The van der Waals surface area contributed by atoms with Crippen LogP contribution >= 0.6 is 34.8 Å². The first-order chi connectivity index (χ1) is 20.0. The first-order valence-electron chi connectivity index (χ1n) is 15.1. The lowest BCUT2D eigenvalue weighted by atomic mass is 9.98. The number of carbonyl (C=O) groups excluding carboxylic acids is 3. The van der Waals surface area contributed by atoms with Crippen LogP contribution in [0.2, 0.25) is 0 Å². The van der Waals surface area contributed by atoms with E-state index in [1.165, 1.54) is 38.5 Å². The zero-order chi connectivity index (χ0) is 30.0. The van der Waals surface area contributed by atoms with E-state index in [1.807, 2.05) is 6.07 Å². The molecule has 9 nitrogen and oxygen atoms in total. The molecule has 1 saturated carbocycles. The summed E-state index contributed by atoms with van der Waals surface area (Å²) in [6, 6.07) is 9.20. The van der Waals surface area contributed by atoms with Gasteiger partial charge in [-0.1, -0.05) is 46.9 Å². The molecule has 4 aliphatic heterocycles. The molecule has 4 atom stereocenters. The van der Waals surface area contributed by atoms with Gasteiger partial charge in [0.15, 0.2) is 0 Å². The number of benzene rings is 1. The van der Waals surface area contributed by atoms with Gasteiger partial charge in [-0.3, -0.25) is 14.9 Å². The summed E-state index contributed by atoms with van der Waals surface area (Å²) in [7, 11) is 4.32. The van der Waals surface area contributed by atoms with E-state index in [0.717, 1.165) is 25.7 Å². The predicted molar refractivity (Wildman–Crippen MR) is 164 cm³/mol. The molecule has 3 N–H and O–H groups in total. The van der Waals surface area contributed by atoms with Crippen molar-refractivity contribution in [2.45, 2.75) is 104 Å². The summed E-state index contributed by atoms with van der Waals surface area (Å²) in [4.78, 5) is 41.2. The Morgan fingerprint density at radius 2 is 1.31 bits per heavy atom. The molecule has 232 valence electrons. The van der Waals surface area contributed by atoms with Crippen LogP contribution in [0.4, 0.5) is 4.79 Å². The minimum absolute atomic E-state index is 0.137. The number of fused-ring (bicyclic) bond motifs is 4. The third-order valence-corrected chi connectivity index (χ3v) is 10.2. The normalized spacial score (nSPS) is 30.6. The average Bonchev–Trinajstić information content (AvgIpc) is 3.71. The van der Waals surface area contributed by atoms with Crippen molar-refractivity contribution in [3.63, 3.8) is 0 Å². The van der Waals surface area contributed by atoms with Crippen LogP contribution in [-0.4, -0.2) is 88.4 Å². The Labute approximate surface area is 263 Å². The fraction of sp³-hybridized carbons (Fsp3) is 0.700. The standard InChI is InChI=1S/C20H27N3O3.C10H15Cl3N2O/c1-23-15-8-9-16(23)11-14(10-15)21-20(25)22-19(24)17-4-2-3-5-18(17)26-12-13-6-7-13;1-15-7-2-3-8(15)5-6(4-7)14-9(16)10(11,12)13/h2-5,13-16H,6-12H2,1H3,(H2,21,22,24,25);6-8H,2-5H2,1H3,(H,14,16). The Hall–Kier alpha value is -1.78. The predicted octanol–water partition coefficient (Wildman–Crippen LogP) is 4.64. The molecule has 0 spiro atoms. The maximum atomic E-state index is 12.5. The Bertz CT molecular complexity index is 1120. The van der Waals surface area contributed by atoms with Crippen molar-refractivity contribution in [3.05, 3.63) is 29.8 Å². The number of imide groups is 1. The van der Waals surface area contributed by atoms with E-state index in [1.54, 1.807) is 18.2 Å². The van der Waals surface area contributed by atoms with Crippen LogP contribution < -0.4 is 20.7 Å². The van der Waals surface area contributed by atoms with Crippen LogP contribution in [-0.2, 0) is 4.79 Å². The molecule has 0 radical (unpaired) electrons. The lowest BCUT2D eigenvalue weighted by Crippen LogP contribution is -2.51. The van der Waals surface area contributed by atoms with E-state index in [4.69, 9.17) is 39.5 Å². The molecule has 42 heavy (non-hydrogen) atoms. The third kappa shape index (κ3) is 8.03. The molecule has 5 aliphatic rings. The number of alkyl halides is 3. The van der Waals surface area contributed by atoms with Gasteiger partial charge in [-0.2, -0.15) is 0 Å². The van der Waals surface area contributed by atoms with E-state index >= 15 is 0 Å². The van der Waals surface area contributed by atoms with E-state index in [0.29, 0.717) is 48.0 Å². The minimum Gasteiger partial charge on any atom is -0.492 e. The van der Waals surface area contributed by atoms with Crippen LogP contribution in [0.3, 0.4) is 0 Å². The molecule has 12 heteroatoms. The van der Waals surface area contributed by atoms with Gasteiger partial charge >= 0.3 is 6.03 Å². The molecular weight excluding hydrogens is 601 g/mol. The second-order valence-electron chi connectivity index (χ2n) is 12.6. The maximum absolute atomic E-state index is 12.5. The van der Waals surface area contributed by atoms with Crippen molar-refractivity contribution < 1.29 is 19.1 Å². The Morgan fingerprint density at radius 3 is 1.81 bits per heavy atom. The zero-order valence-electron chi connectivity index (χ0n) is 24.3. The van der Waals surface area contributed by atoms with Gasteiger partial charge in [0, 0.05) is 36.3 Å². The fourth-order valence-corrected chi connectivity index (χ4v) is 7.15. The van der Waals surface area contributed by atoms with Crippen LogP contribution in [0.1, 0.15) is 74.6 Å². The highest BCUT2D eigenvalue weighted by Gasteiger charge is 2.41. The summed E-state index contributed by atoms with van der Waals surface area (Å²) in [5.74, 6) is 0.229. The average molecular weight is 643 g/mol. The maximum Gasteiger partial charge on any atom is 0.321 e. The molecule has 6 rings (SSSR count). The van der Waals surface area contributed by atoms with Gasteiger partial charge in [-0.25, -0.2) is 4.79 Å². The van der Waals surface area contributed by atoms with E-state index < -0.39 is 21.6 Å².